The molecule has 0 spiro atoms. The number of carboxylic acid groups (broad SMARTS) is 1. The Morgan fingerprint density at radius 3 is 2.58 bits per heavy atom. The van der Waals surface area contributed by atoms with Crippen LogP contribution in [0.3, 0.4) is 0 Å². The summed E-state index contributed by atoms with van der Waals surface area (Å²) in [5, 5.41) is 9.04. The average Bonchev–Trinajstić information content (AvgIpc) is 2.51. The van der Waals surface area contributed by atoms with Gasteiger partial charge in [0.15, 0.2) is 0 Å². The minimum atomic E-state index is -0.656. The summed E-state index contributed by atoms with van der Waals surface area (Å²) in [6.45, 7) is 4.25. The molecule has 1 aliphatic carbocycles. The van der Waals surface area contributed by atoms with Gasteiger partial charge in [-0.2, -0.15) is 0 Å². The van der Waals surface area contributed by atoms with Crippen LogP contribution in [-0.4, -0.2) is 11.1 Å². The Bertz CT molecular complexity index is 435. The first-order chi connectivity index (χ1) is 8.98. The summed E-state index contributed by atoms with van der Waals surface area (Å²) in [5.41, 5.74) is 2.71. The van der Waals surface area contributed by atoms with E-state index in [4.69, 9.17) is 5.11 Å². The van der Waals surface area contributed by atoms with Gasteiger partial charge < -0.3 is 5.11 Å². The largest absolute Gasteiger partial charge is 0.481 e. The van der Waals surface area contributed by atoms with Crippen molar-refractivity contribution >= 4 is 5.97 Å². The van der Waals surface area contributed by atoms with Crippen LogP contribution in [0.15, 0.2) is 24.3 Å². The van der Waals surface area contributed by atoms with Gasteiger partial charge in [-0.05, 0) is 49.5 Å². The maximum Gasteiger partial charge on any atom is 0.303 e. The van der Waals surface area contributed by atoms with Gasteiger partial charge in [-0.1, -0.05) is 43.2 Å². The van der Waals surface area contributed by atoms with E-state index < -0.39 is 5.97 Å². The fourth-order valence-corrected chi connectivity index (χ4v) is 3.28. The number of hydrogen-bond acceptors (Lipinski definition) is 1. The van der Waals surface area contributed by atoms with Gasteiger partial charge in [-0.15, -0.1) is 0 Å². The highest BCUT2D eigenvalue weighted by Gasteiger charge is 2.31. The SMILES string of the molecule is Cc1ccc(C2CCCC(C)(CC(=O)O)CC2)cc1. The number of hydrogen-bond donors (Lipinski definition) is 1. The first-order valence-electron chi connectivity index (χ1n) is 7.27. The van der Waals surface area contributed by atoms with Crippen molar-refractivity contribution in [3.05, 3.63) is 35.4 Å². The average molecular weight is 260 g/mol. The van der Waals surface area contributed by atoms with Crippen molar-refractivity contribution in [2.45, 2.75) is 58.3 Å². The van der Waals surface area contributed by atoms with Crippen LogP contribution in [0, 0.1) is 12.3 Å². The van der Waals surface area contributed by atoms with E-state index >= 15 is 0 Å². The summed E-state index contributed by atoms with van der Waals surface area (Å²) in [4.78, 5) is 11.0. The molecule has 0 aliphatic heterocycles. The van der Waals surface area contributed by atoms with E-state index in [0.717, 1.165) is 25.7 Å². The molecule has 2 atom stereocenters. The van der Waals surface area contributed by atoms with Crippen LogP contribution in [0.2, 0.25) is 0 Å². The van der Waals surface area contributed by atoms with Gasteiger partial charge in [-0.25, -0.2) is 0 Å². The van der Waals surface area contributed by atoms with E-state index in [1.165, 1.54) is 17.5 Å². The molecular weight excluding hydrogens is 236 g/mol. The van der Waals surface area contributed by atoms with E-state index in [0.29, 0.717) is 12.3 Å². The number of aryl methyl sites for hydroxylation is 1. The zero-order chi connectivity index (χ0) is 13.9. The van der Waals surface area contributed by atoms with Gasteiger partial charge in [0.2, 0.25) is 0 Å². The Morgan fingerprint density at radius 1 is 1.26 bits per heavy atom. The Balaban J connectivity index is 2.04. The molecule has 2 unspecified atom stereocenters. The third kappa shape index (κ3) is 3.82. The number of rotatable bonds is 3. The second-order valence-corrected chi connectivity index (χ2v) is 6.42. The number of aliphatic carboxylic acids is 1. The van der Waals surface area contributed by atoms with Gasteiger partial charge in [0.1, 0.15) is 0 Å². The molecular formula is C17H24O2. The second kappa shape index (κ2) is 5.77. The molecule has 0 radical (unpaired) electrons. The Hall–Kier alpha value is -1.31. The third-order valence-electron chi connectivity index (χ3n) is 4.56. The summed E-state index contributed by atoms with van der Waals surface area (Å²) in [7, 11) is 0. The minimum absolute atomic E-state index is 0.00865. The summed E-state index contributed by atoms with van der Waals surface area (Å²) < 4.78 is 0. The monoisotopic (exact) mass is 260 g/mol. The molecule has 0 amide bonds. The quantitative estimate of drug-likeness (QED) is 0.811. The lowest BCUT2D eigenvalue weighted by Crippen LogP contribution is -2.19. The van der Waals surface area contributed by atoms with Crippen molar-refractivity contribution in [3.63, 3.8) is 0 Å². The number of carboxylic acids is 1. The highest BCUT2D eigenvalue weighted by Crippen LogP contribution is 2.42. The molecule has 0 bridgehead atoms. The molecule has 0 heterocycles. The van der Waals surface area contributed by atoms with Gasteiger partial charge in [0.25, 0.3) is 0 Å². The topological polar surface area (TPSA) is 37.3 Å². The van der Waals surface area contributed by atoms with Gasteiger partial charge in [-0.3, -0.25) is 4.79 Å². The van der Waals surface area contributed by atoms with Crippen LogP contribution < -0.4 is 0 Å². The summed E-state index contributed by atoms with van der Waals surface area (Å²) in [6, 6.07) is 8.83. The number of carbonyl (C=O) groups is 1. The molecule has 2 rings (SSSR count). The van der Waals surface area contributed by atoms with Crippen LogP contribution in [0.1, 0.15) is 62.5 Å². The molecule has 1 aromatic rings. The van der Waals surface area contributed by atoms with Crippen molar-refractivity contribution in [1.29, 1.82) is 0 Å². The predicted octanol–water partition coefficient (Wildman–Crippen LogP) is 4.52. The highest BCUT2D eigenvalue weighted by molar-refractivity contribution is 5.67. The summed E-state index contributed by atoms with van der Waals surface area (Å²) in [5.74, 6) is -0.0486. The highest BCUT2D eigenvalue weighted by atomic mass is 16.4. The van der Waals surface area contributed by atoms with Gasteiger partial charge >= 0.3 is 5.97 Å². The van der Waals surface area contributed by atoms with Crippen LogP contribution in [0.5, 0.6) is 0 Å². The van der Waals surface area contributed by atoms with Crippen molar-refractivity contribution in [2.24, 2.45) is 5.41 Å². The van der Waals surface area contributed by atoms with Crippen molar-refractivity contribution < 1.29 is 9.90 Å². The van der Waals surface area contributed by atoms with Crippen molar-refractivity contribution in [1.82, 2.24) is 0 Å². The fourth-order valence-electron chi connectivity index (χ4n) is 3.28. The molecule has 1 fully saturated rings. The van der Waals surface area contributed by atoms with Crippen LogP contribution in [0.4, 0.5) is 0 Å². The molecule has 104 valence electrons. The summed E-state index contributed by atoms with van der Waals surface area (Å²) >= 11 is 0. The molecule has 1 saturated carbocycles. The molecule has 1 aromatic carbocycles. The first kappa shape index (κ1) is 14.1. The van der Waals surface area contributed by atoms with E-state index in [2.05, 4.69) is 38.1 Å². The number of benzene rings is 1. The lowest BCUT2D eigenvalue weighted by molar-refractivity contribution is -0.139. The van der Waals surface area contributed by atoms with Crippen LogP contribution in [0.25, 0.3) is 0 Å². The second-order valence-electron chi connectivity index (χ2n) is 6.42. The Morgan fingerprint density at radius 2 is 1.95 bits per heavy atom. The third-order valence-corrected chi connectivity index (χ3v) is 4.56. The molecule has 19 heavy (non-hydrogen) atoms. The normalized spacial score (nSPS) is 27.8. The summed E-state index contributed by atoms with van der Waals surface area (Å²) in [6.07, 6.45) is 5.83. The van der Waals surface area contributed by atoms with Gasteiger partial charge in [0, 0.05) is 0 Å². The zero-order valence-electron chi connectivity index (χ0n) is 12.0. The molecule has 0 saturated heterocycles. The molecule has 2 heteroatoms. The lowest BCUT2D eigenvalue weighted by atomic mass is 9.79. The Labute approximate surface area is 115 Å². The molecule has 2 nitrogen and oxygen atoms in total. The minimum Gasteiger partial charge on any atom is -0.481 e. The molecule has 0 aromatic heterocycles. The van der Waals surface area contributed by atoms with E-state index in [9.17, 15) is 4.79 Å². The van der Waals surface area contributed by atoms with Crippen molar-refractivity contribution in [2.75, 3.05) is 0 Å². The first-order valence-corrected chi connectivity index (χ1v) is 7.27. The lowest BCUT2D eigenvalue weighted by Gasteiger charge is -2.26. The molecule has 1 N–H and O–H groups in total. The predicted molar refractivity (Wildman–Crippen MR) is 77.4 cm³/mol. The Kier molecular flexibility index (Phi) is 4.28. The standard InChI is InChI=1S/C17H24O2/c1-13-5-7-15(8-6-13)14-4-3-10-17(2,11-9-14)12-16(18)19/h5-8,14H,3-4,9-12H2,1-2H3,(H,18,19). The maximum absolute atomic E-state index is 11.0. The van der Waals surface area contributed by atoms with Crippen molar-refractivity contribution in [3.8, 4) is 0 Å². The van der Waals surface area contributed by atoms with E-state index in [-0.39, 0.29) is 5.41 Å². The zero-order valence-corrected chi connectivity index (χ0v) is 12.0. The van der Waals surface area contributed by atoms with Gasteiger partial charge in [0.05, 0.1) is 6.42 Å². The smallest absolute Gasteiger partial charge is 0.303 e. The van der Waals surface area contributed by atoms with E-state index in [1.54, 1.807) is 0 Å². The maximum atomic E-state index is 11.0. The van der Waals surface area contributed by atoms with Crippen LogP contribution >= 0.6 is 0 Å². The van der Waals surface area contributed by atoms with Crippen LogP contribution in [-0.2, 0) is 4.79 Å². The molecule has 1 aliphatic rings. The van der Waals surface area contributed by atoms with E-state index in [1.807, 2.05) is 0 Å². The fraction of sp³-hybridized carbons (Fsp3) is 0.588.